The first-order valence-corrected chi connectivity index (χ1v) is 9.12. The van der Waals surface area contributed by atoms with Crippen LogP contribution in [0.1, 0.15) is 59.3 Å². The Morgan fingerprint density at radius 1 is 1.25 bits per heavy atom. The van der Waals surface area contributed by atoms with Crippen molar-refractivity contribution in [3.8, 4) is 0 Å². The second-order valence-corrected chi connectivity index (χ2v) is 8.57. The van der Waals surface area contributed by atoms with Gasteiger partial charge in [-0.2, -0.15) is 0 Å². The molecular formula is C16H27IO3. The first-order valence-electron chi connectivity index (χ1n) is 7.87. The number of halogens is 1. The van der Waals surface area contributed by atoms with Gasteiger partial charge in [0, 0.05) is 3.92 Å². The molecule has 3 unspecified atom stereocenters. The Balaban J connectivity index is 1.80. The maximum atomic E-state index is 11.8. The van der Waals surface area contributed by atoms with Gasteiger partial charge in [-0.3, -0.25) is 4.79 Å². The zero-order valence-corrected chi connectivity index (χ0v) is 15.0. The van der Waals surface area contributed by atoms with Crippen molar-refractivity contribution < 1.29 is 14.3 Å². The van der Waals surface area contributed by atoms with E-state index in [9.17, 15) is 4.79 Å². The molecule has 2 aliphatic carbocycles. The van der Waals surface area contributed by atoms with E-state index in [-0.39, 0.29) is 18.0 Å². The first kappa shape index (κ1) is 16.5. The van der Waals surface area contributed by atoms with E-state index >= 15 is 0 Å². The minimum atomic E-state index is -0.0370. The van der Waals surface area contributed by atoms with Gasteiger partial charge in [0.15, 0.2) is 0 Å². The summed E-state index contributed by atoms with van der Waals surface area (Å²) in [4.78, 5) is 11.8. The van der Waals surface area contributed by atoms with Crippen molar-refractivity contribution in [2.24, 2.45) is 11.3 Å². The molecule has 116 valence electrons. The summed E-state index contributed by atoms with van der Waals surface area (Å²) in [6.45, 7) is 7.03. The predicted octanol–water partition coefficient (Wildman–Crippen LogP) is 4.12. The molecule has 0 aromatic rings. The first-order chi connectivity index (χ1) is 9.41. The topological polar surface area (TPSA) is 35.5 Å². The summed E-state index contributed by atoms with van der Waals surface area (Å²) in [5.74, 6) is 0.00641. The van der Waals surface area contributed by atoms with Crippen molar-refractivity contribution in [3.63, 3.8) is 0 Å². The van der Waals surface area contributed by atoms with Crippen molar-refractivity contribution in [2.45, 2.75) is 75.4 Å². The molecule has 0 aliphatic heterocycles. The van der Waals surface area contributed by atoms with Gasteiger partial charge in [0.25, 0.3) is 0 Å². The van der Waals surface area contributed by atoms with E-state index in [4.69, 9.17) is 9.47 Å². The predicted molar refractivity (Wildman–Crippen MR) is 88.1 cm³/mol. The van der Waals surface area contributed by atoms with Gasteiger partial charge in [0.2, 0.25) is 0 Å². The molecule has 2 rings (SSSR count). The lowest BCUT2D eigenvalue weighted by atomic mass is 9.76. The third kappa shape index (κ3) is 4.33. The summed E-state index contributed by atoms with van der Waals surface area (Å²) < 4.78 is 11.9. The van der Waals surface area contributed by atoms with Crippen LogP contribution in [0.2, 0.25) is 0 Å². The summed E-state index contributed by atoms with van der Waals surface area (Å²) in [5, 5.41) is 0. The van der Waals surface area contributed by atoms with E-state index in [1.807, 2.05) is 6.92 Å². The van der Waals surface area contributed by atoms with E-state index in [1.54, 1.807) is 0 Å². The zero-order valence-electron chi connectivity index (χ0n) is 12.9. The second kappa shape index (κ2) is 6.95. The molecule has 2 fully saturated rings. The minimum Gasteiger partial charge on any atom is -0.466 e. The third-order valence-corrected chi connectivity index (χ3v) is 6.01. The Morgan fingerprint density at radius 2 is 1.90 bits per heavy atom. The molecule has 0 amide bonds. The lowest BCUT2D eigenvalue weighted by Gasteiger charge is -2.35. The van der Waals surface area contributed by atoms with E-state index < -0.39 is 0 Å². The fourth-order valence-electron chi connectivity index (χ4n) is 3.30. The van der Waals surface area contributed by atoms with E-state index in [1.165, 1.54) is 12.8 Å². The Hall–Kier alpha value is 0.160. The molecule has 0 aromatic heterocycles. The van der Waals surface area contributed by atoms with Gasteiger partial charge >= 0.3 is 5.97 Å². The monoisotopic (exact) mass is 394 g/mol. The fraction of sp³-hybridized carbons (Fsp3) is 0.938. The quantitative estimate of drug-likeness (QED) is 0.409. The van der Waals surface area contributed by atoms with Gasteiger partial charge in [-0.25, -0.2) is 0 Å². The molecule has 0 spiro atoms. The maximum Gasteiger partial charge on any atom is 0.309 e. The van der Waals surface area contributed by atoms with Gasteiger partial charge in [-0.15, -0.1) is 0 Å². The van der Waals surface area contributed by atoms with E-state index in [0.717, 1.165) is 25.7 Å². The van der Waals surface area contributed by atoms with Crippen molar-refractivity contribution in [1.29, 1.82) is 0 Å². The normalized spacial score (nSPS) is 34.1. The Morgan fingerprint density at radius 3 is 2.50 bits per heavy atom. The summed E-state index contributed by atoms with van der Waals surface area (Å²) in [6, 6.07) is 0. The molecule has 3 atom stereocenters. The summed E-state index contributed by atoms with van der Waals surface area (Å²) in [5.41, 5.74) is 0.479. The van der Waals surface area contributed by atoms with Crippen LogP contribution in [-0.2, 0) is 14.3 Å². The molecule has 4 heteroatoms. The van der Waals surface area contributed by atoms with Gasteiger partial charge in [0.05, 0.1) is 24.7 Å². The Bertz CT molecular complexity index is 333. The number of hydrogen-bond donors (Lipinski definition) is 0. The Kier molecular flexibility index (Phi) is 5.74. The highest BCUT2D eigenvalue weighted by molar-refractivity contribution is 14.1. The van der Waals surface area contributed by atoms with Crippen molar-refractivity contribution in [2.75, 3.05) is 6.61 Å². The average molecular weight is 394 g/mol. The Labute approximate surface area is 136 Å². The van der Waals surface area contributed by atoms with Crippen molar-refractivity contribution >= 4 is 28.6 Å². The molecule has 0 heterocycles. The molecule has 20 heavy (non-hydrogen) atoms. The molecule has 3 nitrogen and oxygen atoms in total. The van der Waals surface area contributed by atoms with Gasteiger partial charge < -0.3 is 9.47 Å². The molecule has 0 N–H and O–H groups in total. The van der Waals surface area contributed by atoms with Crippen molar-refractivity contribution in [3.05, 3.63) is 0 Å². The minimum absolute atomic E-state index is 0.0370. The highest BCUT2D eigenvalue weighted by Gasteiger charge is 2.40. The standard InChI is InChI=1S/C16H27IO3/c1-4-19-15(18)11-9-13(17)14(10-11)20-12-5-7-16(2,3)8-6-12/h11-14H,4-10H2,1-3H3. The smallest absolute Gasteiger partial charge is 0.309 e. The second-order valence-electron chi connectivity index (χ2n) is 6.97. The summed E-state index contributed by atoms with van der Waals surface area (Å²) >= 11 is 2.44. The van der Waals surface area contributed by atoms with Crippen LogP contribution in [0.4, 0.5) is 0 Å². The number of carbonyl (C=O) groups excluding carboxylic acids is 1. The third-order valence-electron chi connectivity index (χ3n) is 4.70. The van der Waals surface area contributed by atoms with Crippen LogP contribution in [0, 0.1) is 11.3 Å². The molecular weight excluding hydrogens is 367 g/mol. The van der Waals surface area contributed by atoms with Crippen molar-refractivity contribution in [1.82, 2.24) is 0 Å². The fourth-order valence-corrected chi connectivity index (χ4v) is 4.37. The lowest BCUT2D eigenvalue weighted by Crippen LogP contribution is -2.31. The molecule has 0 aromatic carbocycles. The van der Waals surface area contributed by atoms with Crippen LogP contribution in [0.15, 0.2) is 0 Å². The number of rotatable bonds is 4. The molecule has 2 aliphatic rings. The molecule has 2 saturated carbocycles. The van der Waals surface area contributed by atoms with Crippen LogP contribution >= 0.6 is 22.6 Å². The van der Waals surface area contributed by atoms with E-state index in [0.29, 0.717) is 22.1 Å². The highest BCUT2D eigenvalue weighted by Crippen LogP contribution is 2.40. The number of hydrogen-bond acceptors (Lipinski definition) is 3. The lowest BCUT2D eigenvalue weighted by molar-refractivity contribution is -0.148. The largest absolute Gasteiger partial charge is 0.466 e. The SMILES string of the molecule is CCOC(=O)C1CC(I)C(OC2CCC(C)(C)CC2)C1. The molecule has 0 bridgehead atoms. The highest BCUT2D eigenvalue weighted by atomic mass is 127. The maximum absolute atomic E-state index is 11.8. The number of esters is 1. The molecule has 0 radical (unpaired) electrons. The number of carbonyl (C=O) groups is 1. The van der Waals surface area contributed by atoms with Crippen LogP contribution < -0.4 is 0 Å². The average Bonchev–Trinajstić information content (AvgIpc) is 2.74. The van der Waals surface area contributed by atoms with E-state index in [2.05, 4.69) is 36.4 Å². The van der Waals surface area contributed by atoms with Crippen LogP contribution in [0.25, 0.3) is 0 Å². The van der Waals surface area contributed by atoms with Crippen LogP contribution in [0.5, 0.6) is 0 Å². The van der Waals surface area contributed by atoms with Crippen LogP contribution in [-0.4, -0.2) is 28.7 Å². The molecule has 0 saturated heterocycles. The van der Waals surface area contributed by atoms with Gasteiger partial charge in [0.1, 0.15) is 0 Å². The van der Waals surface area contributed by atoms with Crippen LogP contribution in [0.3, 0.4) is 0 Å². The van der Waals surface area contributed by atoms with Gasteiger partial charge in [-0.05, 0) is 50.9 Å². The number of alkyl halides is 1. The van der Waals surface area contributed by atoms with Gasteiger partial charge in [-0.1, -0.05) is 36.4 Å². The summed E-state index contributed by atoms with van der Waals surface area (Å²) in [7, 11) is 0. The summed E-state index contributed by atoms with van der Waals surface area (Å²) in [6.07, 6.45) is 7.19. The zero-order chi connectivity index (χ0) is 14.8. The number of ether oxygens (including phenoxy) is 2.